The van der Waals surface area contributed by atoms with Crippen molar-refractivity contribution in [2.45, 2.75) is 13.5 Å². The van der Waals surface area contributed by atoms with Gasteiger partial charge < -0.3 is 4.90 Å². The Morgan fingerprint density at radius 2 is 1.52 bits per heavy atom. The molecule has 0 radical (unpaired) electrons. The Hall–Kier alpha value is -2.83. The zero-order chi connectivity index (χ0) is 20.7. The maximum absolute atomic E-state index is 13.3. The molecule has 0 aliphatic carbocycles. The van der Waals surface area contributed by atoms with Gasteiger partial charge in [0.2, 0.25) is 0 Å². The van der Waals surface area contributed by atoms with Crippen molar-refractivity contribution in [3.05, 3.63) is 70.6 Å². The van der Waals surface area contributed by atoms with Gasteiger partial charge in [-0.15, -0.1) is 12.4 Å². The van der Waals surface area contributed by atoms with Gasteiger partial charge in [-0.1, -0.05) is 36.4 Å². The molecule has 0 spiro atoms. The fraction of sp³-hybridized carbons (Fsp3) is 0.333. The number of halogens is 1. The van der Waals surface area contributed by atoms with Gasteiger partial charge in [0.25, 0.3) is 5.56 Å². The first-order valence-corrected chi connectivity index (χ1v) is 10.6. The molecule has 7 heteroatoms. The van der Waals surface area contributed by atoms with E-state index in [2.05, 4.69) is 45.2 Å². The predicted molar refractivity (Wildman–Crippen MR) is 130 cm³/mol. The van der Waals surface area contributed by atoms with E-state index in [0.717, 1.165) is 60.2 Å². The number of hydrogen-bond acceptors (Lipinski definition) is 4. The molecule has 1 saturated heterocycles. The van der Waals surface area contributed by atoms with Gasteiger partial charge in [0.05, 0.1) is 5.69 Å². The molecule has 0 N–H and O–H groups in total. The summed E-state index contributed by atoms with van der Waals surface area (Å²) in [5.74, 6) is 0. The van der Waals surface area contributed by atoms with Crippen LogP contribution in [0, 0.1) is 6.92 Å². The Morgan fingerprint density at radius 1 is 0.871 bits per heavy atom. The number of para-hydroxylation sites is 1. The van der Waals surface area contributed by atoms with Crippen molar-refractivity contribution in [2.24, 2.45) is 7.05 Å². The van der Waals surface area contributed by atoms with Crippen LogP contribution in [-0.4, -0.2) is 52.0 Å². The number of nitrogens with zero attached hydrogens (tertiary/aromatic N) is 5. The van der Waals surface area contributed by atoms with Crippen molar-refractivity contribution >= 4 is 39.9 Å². The van der Waals surface area contributed by atoms with Crippen LogP contribution >= 0.6 is 12.4 Å². The van der Waals surface area contributed by atoms with E-state index in [9.17, 15) is 4.79 Å². The SMILES string of the molecule is Cc1nn(C)c2c1c1ccccc1c(=O)n2CCN1CCN(c2ccccc2)CC1.Cl. The Balaban J connectivity index is 0.00000231. The van der Waals surface area contributed by atoms with Gasteiger partial charge in [-0.25, -0.2) is 0 Å². The molecule has 31 heavy (non-hydrogen) atoms. The van der Waals surface area contributed by atoms with Gasteiger partial charge in [0.15, 0.2) is 0 Å². The number of benzene rings is 2. The molecule has 1 aliphatic rings. The molecule has 2 aromatic carbocycles. The molecule has 0 atom stereocenters. The maximum Gasteiger partial charge on any atom is 0.260 e. The van der Waals surface area contributed by atoms with E-state index in [0.29, 0.717) is 6.54 Å². The quantitative estimate of drug-likeness (QED) is 0.490. The van der Waals surface area contributed by atoms with E-state index in [1.807, 2.05) is 47.5 Å². The fourth-order valence-electron chi connectivity index (χ4n) is 4.72. The molecule has 0 bridgehead atoms. The summed E-state index contributed by atoms with van der Waals surface area (Å²) in [6.07, 6.45) is 0. The highest BCUT2D eigenvalue weighted by Gasteiger charge is 2.20. The van der Waals surface area contributed by atoms with Crippen LogP contribution in [0.25, 0.3) is 21.8 Å². The van der Waals surface area contributed by atoms with E-state index >= 15 is 0 Å². The first-order valence-electron chi connectivity index (χ1n) is 10.6. The number of anilines is 1. The molecule has 6 nitrogen and oxygen atoms in total. The van der Waals surface area contributed by atoms with Gasteiger partial charge in [0, 0.05) is 68.2 Å². The molecule has 5 rings (SSSR count). The van der Waals surface area contributed by atoms with Crippen molar-refractivity contribution < 1.29 is 0 Å². The van der Waals surface area contributed by atoms with Crippen molar-refractivity contribution in [1.29, 1.82) is 0 Å². The van der Waals surface area contributed by atoms with Crippen LogP contribution in [0.15, 0.2) is 59.4 Å². The first kappa shape index (κ1) is 21.4. The van der Waals surface area contributed by atoms with Crippen LogP contribution in [0.5, 0.6) is 0 Å². The molecule has 0 amide bonds. The lowest BCUT2D eigenvalue weighted by atomic mass is 10.1. The van der Waals surface area contributed by atoms with Gasteiger partial charge in [0.1, 0.15) is 5.65 Å². The standard InChI is InChI=1S/C24H27N5O.ClH/c1-18-22-20-10-6-7-11-21(20)24(30)29(23(22)26(2)25-18)17-14-27-12-15-28(16-13-27)19-8-4-3-5-9-19;/h3-11H,12-17H2,1-2H3;1H. The van der Waals surface area contributed by atoms with Gasteiger partial charge in [-0.2, -0.15) is 5.10 Å². The summed E-state index contributed by atoms with van der Waals surface area (Å²) in [6.45, 7) is 7.58. The second kappa shape index (κ2) is 8.73. The molecule has 0 saturated carbocycles. The van der Waals surface area contributed by atoms with Crippen LogP contribution in [0.2, 0.25) is 0 Å². The third-order valence-corrected chi connectivity index (χ3v) is 6.25. The predicted octanol–water partition coefficient (Wildman–Crippen LogP) is 3.44. The zero-order valence-corrected chi connectivity index (χ0v) is 18.8. The van der Waals surface area contributed by atoms with Crippen molar-refractivity contribution in [2.75, 3.05) is 37.6 Å². The van der Waals surface area contributed by atoms with Gasteiger partial charge >= 0.3 is 0 Å². The number of piperazine rings is 1. The minimum atomic E-state index is 0. The number of aromatic nitrogens is 3. The summed E-state index contributed by atoms with van der Waals surface area (Å²) in [4.78, 5) is 18.2. The van der Waals surface area contributed by atoms with E-state index < -0.39 is 0 Å². The van der Waals surface area contributed by atoms with Crippen LogP contribution < -0.4 is 10.5 Å². The minimum Gasteiger partial charge on any atom is -0.369 e. The normalized spacial score (nSPS) is 14.8. The van der Waals surface area contributed by atoms with Crippen molar-refractivity contribution in [3.8, 4) is 0 Å². The number of fused-ring (bicyclic) bond motifs is 3. The summed E-state index contributed by atoms with van der Waals surface area (Å²) in [5.41, 5.74) is 3.24. The summed E-state index contributed by atoms with van der Waals surface area (Å²) >= 11 is 0. The summed E-state index contributed by atoms with van der Waals surface area (Å²) < 4.78 is 3.77. The molecule has 4 aromatic rings. The third-order valence-electron chi connectivity index (χ3n) is 6.25. The smallest absolute Gasteiger partial charge is 0.260 e. The summed E-state index contributed by atoms with van der Waals surface area (Å²) in [5, 5.41) is 7.47. The average Bonchev–Trinajstić information content (AvgIpc) is 3.08. The minimum absolute atomic E-state index is 0. The summed E-state index contributed by atoms with van der Waals surface area (Å²) in [6, 6.07) is 18.5. The van der Waals surface area contributed by atoms with E-state index in [4.69, 9.17) is 0 Å². The van der Waals surface area contributed by atoms with E-state index in [1.165, 1.54) is 5.69 Å². The Bertz CT molecular complexity index is 1260. The van der Waals surface area contributed by atoms with Crippen LogP contribution in [0.4, 0.5) is 5.69 Å². The van der Waals surface area contributed by atoms with Crippen LogP contribution in [-0.2, 0) is 13.6 Å². The fourth-order valence-corrected chi connectivity index (χ4v) is 4.72. The molecule has 2 aromatic heterocycles. The average molecular weight is 438 g/mol. The number of aryl methyl sites for hydroxylation is 2. The number of pyridine rings is 1. The summed E-state index contributed by atoms with van der Waals surface area (Å²) in [7, 11) is 1.93. The van der Waals surface area contributed by atoms with Crippen molar-refractivity contribution in [3.63, 3.8) is 0 Å². The highest BCUT2D eigenvalue weighted by Crippen LogP contribution is 2.25. The number of hydrogen-bond donors (Lipinski definition) is 0. The van der Waals surface area contributed by atoms with Gasteiger partial charge in [-0.05, 0) is 25.1 Å². The molecule has 0 unspecified atom stereocenters. The molecule has 1 aliphatic heterocycles. The van der Waals surface area contributed by atoms with E-state index in [-0.39, 0.29) is 18.0 Å². The molecule has 162 valence electrons. The first-order chi connectivity index (χ1) is 14.6. The second-order valence-electron chi connectivity index (χ2n) is 8.07. The third kappa shape index (κ3) is 3.82. The van der Waals surface area contributed by atoms with Crippen LogP contribution in [0.1, 0.15) is 5.69 Å². The van der Waals surface area contributed by atoms with E-state index in [1.54, 1.807) is 0 Å². The molecular formula is C24H28ClN5O. The van der Waals surface area contributed by atoms with Crippen molar-refractivity contribution in [1.82, 2.24) is 19.2 Å². The lowest BCUT2D eigenvalue weighted by molar-refractivity contribution is 0.248. The largest absolute Gasteiger partial charge is 0.369 e. The van der Waals surface area contributed by atoms with Crippen LogP contribution in [0.3, 0.4) is 0 Å². The Labute approximate surface area is 188 Å². The Kier molecular flexibility index (Phi) is 6.03. The highest BCUT2D eigenvalue weighted by atomic mass is 35.5. The lowest BCUT2D eigenvalue weighted by Crippen LogP contribution is -2.47. The monoisotopic (exact) mass is 437 g/mol. The van der Waals surface area contributed by atoms with Gasteiger partial charge in [-0.3, -0.25) is 18.9 Å². The molecular weight excluding hydrogens is 410 g/mol. The number of rotatable bonds is 4. The topological polar surface area (TPSA) is 46.3 Å². The zero-order valence-electron chi connectivity index (χ0n) is 18.0. The Morgan fingerprint density at radius 3 is 2.23 bits per heavy atom. The second-order valence-corrected chi connectivity index (χ2v) is 8.07. The lowest BCUT2D eigenvalue weighted by Gasteiger charge is -2.36. The maximum atomic E-state index is 13.3. The highest BCUT2D eigenvalue weighted by molar-refractivity contribution is 6.05. The molecule has 3 heterocycles. The molecule has 1 fully saturated rings.